The molecule has 0 radical (unpaired) electrons. The monoisotopic (exact) mass is 522 g/mol. The smallest absolute Gasteiger partial charge is 0.256 e. The maximum atomic E-state index is 14.1. The predicted octanol–water partition coefficient (Wildman–Crippen LogP) is 6.25. The van der Waals surface area contributed by atoms with E-state index in [1.807, 2.05) is 107 Å². The number of ether oxygens (including phenoxy) is 1. The van der Waals surface area contributed by atoms with Crippen LogP contribution in [0, 0.1) is 25.7 Å². The second-order valence-electron chi connectivity index (χ2n) is 10.3. The predicted molar refractivity (Wildman–Crippen MR) is 155 cm³/mol. The fourth-order valence-electron chi connectivity index (χ4n) is 5.38. The molecule has 7 nitrogen and oxygen atoms in total. The first kappa shape index (κ1) is 26.4. The van der Waals surface area contributed by atoms with Crippen LogP contribution in [0.25, 0.3) is 0 Å². The summed E-state index contributed by atoms with van der Waals surface area (Å²) in [4.78, 5) is 28.2. The number of anilines is 2. The summed E-state index contributed by atoms with van der Waals surface area (Å²) < 4.78 is 6.15. The van der Waals surface area contributed by atoms with Gasteiger partial charge in [-0.05, 0) is 70.0 Å². The molecule has 0 saturated heterocycles. The highest BCUT2D eigenvalue weighted by atomic mass is 16.5. The van der Waals surface area contributed by atoms with Crippen LogP contribution in [0.2, 0.25) is 0 Å². The summed E-state index contributed by atoms with van der Waals surface area (Å²) in [5.74, 6) is -1.52. The zero-order valence-corrected chi connectivity index (χ0v) is 23.1. The minimum absolute atomic E-state index is 0.166. The third-order valence-electron chi connectivity index (χ3n) is 7.38. The highest BCUT2D eigenvalue weighted by molar-refractivity contribution is 6.19. The number of rotatable bonds is 8. The highest BCUT2D eigenvalue weighted by Crippen LogP contribution is 2.45. The average molecular weight is 523 g/mol. The molecule has 3 aromatic carbocycles. The lowest BCUT2D eigenvalue weighted by atomic mass is 9.72. The zero-order valence-electron chi connectivity index (χ0n) is 23.1. The molecule has 2 aliphatic rings. The topological polar surface area (TPSA) is 74.6 Å². The number of hydrogen-bond acceptors (Lipinski definition) is 5. The lowest BCUT2D eigenvalue weighted by Crippen LogP contribution is -2.40. The van der Waals surface area contributed by atoms with Gasteiger partial charge in [-0.15, -0.1) is 0 Å². The van der Waals surface area contributed by atoms with Crippen molar-refractivity contribution in [2.75, 3.05) is 16.6 Å². The SMILES string of the molecule is CCCOc1ccccc1C(C1C(=O)N(c2ccc(C)cc2)N=C1C)C1C(=O)N(c2ccc(C)cc2)N=C1C. The Morgan fingerprint density at radius 3 is 1.64 bits per heavy atom. The van der Waals surface area contributed by atoms with Crippen molar-refractivity contribution in [3.63, 3.8) is 0 Å². The van der Waals surface area contributed by atoms with Gasteiger partial charge in [0, 0.05) is 17.3 Å². The summed E-state index contributed by atoms with van der Waals surface area (Å²) in [6.45, 7) is 10.3. The van der Waals surface area contributed by atoms with Gasteiger partial charge in [-0.25, -0.2) is 10.0 Å². The molecule has 3 aromatic rings. The lowest BCUT2D eigenvalue weighted by molar-refractivity contribution is -0.122. The molecule has 5 rings (SSSR count). The molecule has 0 saturated carbocycles. The van der Waals surface area contributed by atoms with Crippen LogP contribution in [0.4, 0.5) is 11.4 Å². The standard InChI is InChI=1S/C32H34N4O3/c1-6-19-39-27-10-8-7-9-26(27)30(28-22(4)33-35(31(28)37)24-15-11-20(2)12-16-24)29-23(5)34-36(32(29)38)25-17-13-21(3)14-18-25/h7-18,28-30H,6,19H2,1-5H3. The second kappa shape index (κ2) is 10.8. The summed E-state index contributed by atoms with van der Waals surface area (Å²) >= 11 is 0. The normalized spacial score (nSPS) is 19.8. The summed E-state index contributed by atoms with van der Waals surface area (Å²) in [5.41, 5.74) is 5.72. The third-order valence-corrected chi connectivity index (χ3v) is 7.38. The van der Waals surface area contributed by atoms with Crippen LogP contribution in [-0.2, 0) is 9.59 Å². The number of hydrogen-bond donors (Lipinski definition) is 0. The number of para-hydroxylation sites is 1. The van der Waals surface area contributed by atoms with E-state index in [1.165, 1.54) is 10.0 Å². The molecule has 2 atom stereocenters. The van der Waals surface area contributed by atoms with E-state index in [0.29, 0.717) is 35.2 Å². The molecule has 0 bridgehead atoms. The highest BCUT2D eigenvalue weighted by Gasteiger charge is 2.50. The largest absolute Gasteiger partial charge is 0.493 e. The molecule has 39 heavy (non-hydrogen) atoms. The van der Waals surface area contributed by atoms with Crippen LogP contribution >= 0.6 is 0 Å². The van der Waals surface area contributed by atoms with Gasteiger partial charge in [0.05, 0.1) is 29.8 Å². The van der Waals surface area contributed by atoms with Gasteiger partial charge in [0.15, 0.2) is 0 Å². The maximum Gasteiger partial charge on any atom is 0.256 e. The van der Waals surface area contributed by atoms with E-state index >= 15 is 0 Å². The van der Waals surface area contributed by atoms with Crippen LogP contribution in [0.1, 0.15) is 49.8 Å². The summed E-state index contributed by atoms with van der Waals surface area (Å²) in [5, 5.41) is 12.3. The van der Waals surface area contributed by atoms with Crippen LogP contribution in [0.5, 0.6) is 5.75 Å². The van der Waals surface area contributed by atoms with Crippen molar-refractivity contribution in [3.8, 4) is 5.75 Å². The number of carbonyl (C=O) groups excluding carboxylic acids is 2. The van der Waals surface area contributed by atoms with Crippen molar-refractivity contribution >= 4 is 34.6 Å². The average Bonchev–Trinajstić information content (AvgIpc) is 3.39. The van der Waals surface area contributed by atoms with Crippen molar-refractivity contribution in [3.05, 3.63) is 89.5 Å². The molecule has 0 aliphatic carbocycles. The first-order chi connectivity index (χ1) is 18.8. The molecule has 2 heterocycles. The molecule has 0 N–H and O–H groups in total. The summed E-state index contributed by atoms with van der Waals surface area (Å²) in [7, 11) is 0. The molecular formula is C32H34N4O3. The zero-order chi connectivity index (χ0) is 27.7. The Morgan fingerprint density at radius 2 is 1.18 bits per heavy atom. The Morgan fingerprint density at radius 1 is 0.718 bits per heavy atom. The van der Waals surface area contributed by atoms with E-state index in [4.69, 9.17) is 14.9 Å². The quantitative estimate of drug-likeness (QED) is 0.351. The van der Waals surface area contributed by atoms with Crippen LogP contribution in [0.15, 0.2) is 83.0 Å². The van der Waals surface area contributed by atoms with Crippen molar-refractivity contribution in [2.24, 2.45) is 22.0 Å². The molecule has 0 fully saturated rings. The van der Waals surface area contributed by atoms with Gasteiger partial charge in [-0.2, -0.15) is 10.2 Å². The van der Waals surface area contributed by atoms with Crippen LogP contribution in [0.3, 0.4) is 0 Å². The second-order valence-corrected chi connectivity index (χ2v) is 10.3. The molecule has 2 aliphatic heterocycles. The first-order valence-corrected chi connectivity index (χ1v) is 13.4. The Kier molecular flexibility index (Phi) is 7.33. The van der Waals surface area contributed by atoms with E-state index in [1.54, 1.807) is 0 Å². The van der Waals surface area contributed by atoms with Crippen LogP contribution in [-0.4, -0.2) is 29.8 Å². The number of aryl methyl sites for hydroxylation is 2. The van der Waals surface area contributed by atoms with Crippen molar-refractivity contribution in [1.29, 1.82) is 0 Å². The molecule has 0 spiro atoms. The van der Waals surface area contributed by atoms with Crippen molar-refractivity contribution in [2.45, 2.75) is 47.0 Å². The summed E-state index contributed by atoms with van der Waals surface area (Å²) in [6.07, 6.45) is 0.840. The Hall–Kier alpha value is -4.26. The van der Waals surface area contributed by atoms with E-state index in [-0.39, 0.29) is 11.8 Å². The van der Waals surface area contributed by atoms with E-state index in [0.717, 1.165) is 23.1 Å². The van der Waals surface area contributed by atoms with Gasteiger partial charge >= 0.3 is 0 Å². The van der Waals surface area contributed by atoms with Crippen molar-refractivity contribution in [1.82, 2.24) is 0 Å². The minimum Gasteiger partial charge on any atom is -0.493 e. The molecule has 2 amide bonds. The Labute approximate surface area is 229 Å². The van der Waals surface area contributed by atoms with E-state index in [2.05, 4.69) is 0 Å². The van der Waals surface area contributed by atoms with Crippen molar-refractivity contribution < 1.29 is 14.3 Å². The van der Waals surface area contributed by atoms with Gasteiger partial charge in [-0.3, -0.25) is 9.59 Å². The molecule has 2 unspecified atom stereocenters. The summed E-state index contributed by atoms with van der Waals surface area (Å²) in [6, 6.07) is 23.1. The lowest BCUT2D eigenvalue weighted by Gasteiger charge is -2.30. The number of hydrazone groups is 2. The van der Waals surface area contributed by atoms with Gasteiger partial charge in [0.25, 0.3) is 11.8 Å². The number of carbonyl (C=O) groups is 2. The molecule has 200 valence electrons. The number of amides is 2. The van der Waals surface area contributed by atoms with Gasteiger partial charge in [-0.1, -0.05) is 60.5 Å². The third kappa shape index (κ3) is 4.97. The van der Waals surface area contributed by atoms with Gasteiger partial charge in [0.2, 0.25) is 0 Å². The first-order valence-electron chi connectivity index (χ1n) is 13.4. The van der Waals surface area contributed by atoms with Gasteiger partial charge < -0.3 is 4.74 Å². The molecular weight excluding hydrogens is 488 g/mol. The Bertz CT molecular complexity index is 1360. The minimum atomic E-state index is -0.658. The van der Waals surface area contributed by atoms with E-state index < -0.39 is 17.8 Å². The Balaban J connectivity index is 1.59. The number of nitrogens with zero attached hydrogens (tertiary/aromatic N) is 4. The van der Waals surface area contributed by atoms with Gasteiger partial charge in [0.1, 0.15) is 5.75 Å². The fourth-order valence-corrected chi connectivity index (χ4v) is 5.38. The molecule has 7 heteroatoms. The maximum absolute atomic E-state index is 14.1. The molecule has 0 aromatic heterocycles. The number of benzene rings is 3. The fraction of sp³-hybridized carbons (Fsp3) is 0.312. The van der Waals surface area contributed by atoms with E-state index in [9.17, 15) is 9.59 Å². The van der Waals surface area contributed by atoms with Crippen LogP contribution < -0.4 is 14.8 Å².